The molecule has 0 bridgehead atoms. The summed E-state index contributed by atoms with van der Waals surface area (Å²) < 4.78 is 21.8. The van der Waals surface area contributed by atoms with Crippen LogP contribution in [0.1, 0.15) is 25.0 Å². The van der Waals surface area contributed by atoms with Crippen molar-refractivity contribution in [3.63, 3.8) is 0 Å². The lowest BCUT2D eigenvalue weighted by molar-refractivity contribution is 0.477. The van der Waals surface area contributed by atoms with Crippen molar-refractivity contribution in [3.8, 4) is 45.6 Å². The Morgan fingerprint density at radius 1 is 0.196 bits per heavy atom. The minimum absolute atomic E-state index is 0.110. The van der Waals surface area contributed by atoms with E-state index >= 15 is 0 Å². The van der Waals surface area contributed by atoms with E-state index in [0.717, 1.165) is 28.6 Å². The van der Waals surface area contributed by atoms with Gasteiger partial charge >= 0.3 is 0 Å². The van der Waals surface area contributed by atoms with Crippen molar-refractivity contribution in [2.45, 2.75) is 29.1 Å². The van der Waals surface area contributed by atoms with E-state index in [0.29, 0.717) is 0 Å². The van der Waals surface area contributed by atoms with E-state index in [9.17, 15) is 0 Å². The number of anilines is 9. The number of para-hydroxylation sites is 20. The van der Waals surface area contributed by atoms with Crippen molar-refractivity contribution in [3.05, 3.63) is 448 Å². The van der Waals surface area contributed by atoms with Gasteiger partial charge in [0.2, 0.25) is 0 Å². The molecule has 0 aliphatic carbocycles. The molecule has 143 heavy (non-hydrogen) atoms. The molecule has 27 aromatic rings. The predicted molar refractivity (Wildman–Crippen MR) is 600 cm³/mol. The first kappa shape index (κ1) is 77.1. The van der Waals surface area contributed by atoms with E-state index < -0.39 is 0 Å². The van der Waals surface area contributed by atoms with Crippen LogP contribution < -0.4 is 68.6 Å². The molecule has 0 N–H and O–H groups in total. The Kier molecular flexibility index (Phi) is 15.0. The maximum atomic E-state index is 6.45. The van der Waals surface area contributed by atoms with Gasteiger partial charge < -0.3 is 46.8 Å². The van der Waals surface area contributed by atoms with Crippen LogP contribution in [-0.2, 0) is 5.41 Å². The Bertz CT molecular complexity index is 9590. The Hall–Kier alpha value is -17.8. The maximum Gasteiger partial charge on any atom is 0.252 e. The van der Waals surface area contributed by atoms with Gasteiger partial charge in [-0.3, -0.25) is 0 Å². The molecule has 660 valence electrons. The molecule has 36 rings (SSSR count). The zero-order valence-electron chi connectivity index (χ0n) is 77.6. The smallest absolute Gasteiger partial charge is 0.252 e. The van der Waals surface area contributed by atoms with Crippen LogP contribution >= 0.6 is 11.8 Å². The zero-order valence-corrected chi connectivity index (χ0v) is 78.5. The van der Waals surface area contributed by atoms with Gasteiger partial charge in [-0.05, 0) is 194 Å². The first-order valence-corrected chi connectivity index (χ1v) is 50.6. The van der Waals surface area contributed by atoms with Gasteiger partial charge in [0, 0.05) is 147 Å². The molecule has 0 spiro atoms. The fraction of sp³-hybridized carbons (Fsp3) is 0.0233. The van der Waals surface area contributed by atoms with Crippen LogP contribution in [0, 0.1) is 0 Å². The van der Waals surface area contributed by atoms with Gasteiger partial charge in [0.25, 0.3) is 20.1 Å². The quantitative estimate of drug-likeness (QED) is 0.165. The Morgan fingerprint density at radius 2 is 0.406 bits per heavy atom. The van der Waals surface area contributed by atoms with Crippen LogP contribution in [0.15, 0.2) is 447 Å². The first-order valence-electron chi connectivity index (χ1n) is 49.8. The van der Waals surface area contributed by atoms with E-state index in [-0.39, 0.29) is 25.6 Å². The minimum atomic E-state index is -0.124. The van der Waals surface area contributed by atoms with Crippen LogP contribution in [0.25, 0.3) is 165 Å². The average Bonchev–Trinajstić information content (AvgIpc) is 1.51. The van der Waals surface area contributed by atoms with Gasteiger partial charge in [-0.1, -0.05) is 329 Å². The fourth-order valence-corrected chi connectivity index (χ4v) is 28.8. The lowest BCUT2D eigenvalue weighted by Crippen LogP contribution is -2.59. The monoisotopic (exact) mass is 1830 g/mol. The number of hydrogen-bond donors (Lipinski definition) is 0. The molecule has 0 radical (unpaired) electrons. The van der Waals surface area contributed by atoms with Gasteiger partial charge in [-0.25, -0.2) is 0 Å². The molecule has 0 atom stereocenters. The molecule has 0 amide bonds. The summed E-state index contributed by atoms with van der Waals surface area (Å²) in [5, 5.41) is 15.7. The standard InChI is InChI=1S/C45H30BN3.C42H24BN3O.C42H24BN3S/c1-45(2)32-17-5-9-23-38(32)47(39-24-10-6-18-33(39)45)27-25-40-42-41(26-27)49-37-22-8-4-14-29(37)31-16-12-20-35(44(31)49)46(42)34-19-11-15-30-28-13-3-7-21-36(28)48(40)43(30)34;2*1-3-17-32-26(11-1)28-13-9-15-30-41(28)45(32)36-23-25(44-34-19-5-7-21-38(34)47-39-22-8-6-20-35(39)44)24-37-40(36)43(30)31-16-10-14-29-27-12-2-4-18-33(27)46(37)42(29)31/h3-26H,1-2H3;2*1-24H. The number of fused-ring (bicyclic) bond motifs is 36. The third-order valence-corrected chi connectivity index (χ3v) is 34.3. The normalized spacial score (nSPS) is 14.1. The summed E-state index contributed by atoms with van der Waals surface area (Å²) in [5.74, 6) is 1.71. The summed E-state index contributed by atoms with van der Waals surface area (Å²) in [7, 11) is 0. The molecule has 10 nitrogen and oxygen atoms in total. The highest BCUT2D eigenvalue weighted by atomic mass is 32.2. The van der Waals surface area contributed by atoms with Gasteiger partial charge in [-0.15, -0.1) is 0 Å². The number of benzene rings is 21. The molecular formula is C129H78B3N9OS. The lowest BCUT2D eigenvalue weighted by atomic mass is 9.34. The van der Waals surface area contributed by atoms with E-state index in [1.807, 2.05) is 23.9 Å². The van der Waals surface area contributed by atoms with Crippen molar-refractivity contribution in [2.24, 2.45) is 0 Å². The summed E-state index contributed by atoms with van der Waals surface area (Å²) >= 11 is 1.86. The van der Waals surface area contributed by atoms with Crippen molar-refractivity contribution < 1.29 is 4.74 Å². The summed E-state index contributed by atoms with van der Waals surface area (Å²) in [5.41, 5.74) is 48.3. The van der Waals surface area contributed by atoms with E-state index in [4.69, 9.17) is 4.74 Å². The third kappa shape index (κ3) is 9.83. The van der Waals surface area contributed by atoms with Crippen molar-refractivity contribution in [1.29, 1.82) is 0 Å². The first-order chi connectivity index (χ1) is 70.8. The second-order valence-corrected chi connectivity index (χ2v) is 41.4. The zero-order chi connectivity index (χ0) is 92.9. The Balaban J connectivity index is 0.0000000929. The van der Waals surface area contributed by atoms with Crippen LogP contribution in [0.3, 0.4) is 0 Å². The largest absolute Gasteiger partial charge is 0.453 e. The molecule has 0 unspecified atom stereocenters. The van der Waals surface area contributed by atoms with Crippen molar-refractivity contribution in [1.82, 2.24) is 27.4 Å². The molecule has 21 aromatic carbocycles. The predicted octanol–water partition coefficient (Wildman–Crippen LogP) is 26.7. The number of rotatable bonds is 3. The van der Waals surface area contributed by atoms with E-state index in [2.05, 4.69) is 481 Å². The molecular weight excluding hydrogens is 1760 g/mol. The van der Waals surface area contributed by atoms with E-state index in [1.54, 1.807) is 0 Å². The highest BCUT2D eigenvalue weighted by molar-refractivity contribution is 7.99. The van der Waals surface area contributed by atoms with Crippen LogP contribution in [0.2, 0.25) is 0 Å². The SMILES string of the molecule is CC1(C)c2ccccc2N(c2cc3c4c(c2)-n2c5ccccc5c5cccc(c52)B4c2cccc4c5ccccc5n-3c24)c2ccccc21.c1ccc2c(c1)Oc1ccccc1N2c1cc2c3c(c1)-n1c4ccccc4c4cccc(c41)B3c1cccc3c4ccccc4n-2c13.c1ccc2c(c1)Sc1ccccc1N2c1cc2c3c(c1)-n1c4ccccc4c4cccc(c41)B3c1cccc3c4ccccc4n-2c13. The Labute approximate surface area is 826 Å². The van der Waals surface area contributed by atoms with Gasteiger partial charge in [0.05, 0.1) is 84.3 Å². The number of hydrogen-bond acceptors (Lipinski definition) is 5. The summed E-state index contributed by atoms with van der Waals surface area (Å²) in [6, 6.07) is 162. The molecule has 15 heterocycles. The van der Waals surface area contributed by atoms with Gasteiger partial charge in [-0.2, -0.15) is 0 Å². The maximum absolute atomic E-state index is 6.45. The molecule has 9 aliphatic rings. The summed E-state index contributed by atoms with van der Waals surface area (Å²) in [6.07, 6.45) is 0. The summed E-state index contributed by atoms with van der Waals surface area (Å²) in [6.45, 7) is 5.09. The van der Waals surface area contributed by atoms with Crippen molar-refractivity contribution >= 4 is 263 Å². The highest BCUT2D eigenvalue weighted by Gasteiger charge is 2.48. The molecule has 0 fully saturated rings. The number of nitrogens with zero attached hydrogens (tertiary/aromatic N) is 9. The molecule has 9 aliphatic heterocycles. The fourth-order valence-electron chi connectivity index (χ4n) is 27.7. The minimum Gasteiger partial charge on any atom is -0.453 e. The molecule has 6 aromatic heterocycles. The molecule has 0 saturated carbocycles. The number of ether oxygens (including phenoxy) is 1. The van der Waals surface area contributed by atoms with E-state index in [1.165, 1.54) is 269 Å². The van der Waals surface area contributed by atoms with Crippen LogP contribution in [0.4, 0.5) is 51.2 Å². The third-order valence-electron chi connectivity index (χ3n) is 33.2. The average molecular weight is 1830 g/mol. The van der Waals surface area contributed by atoms with Gasteiger partial charge in [0.15, 0.2) is 11.5 Å². The lowest BCUT2D eigenvalue weighted by Gasteiger charge is -2.43. The topological polar surface area (TPSA) is 48.5 Å². The Morgan fingerprint density at radius 3 is 0.685 bits per heavy atom. The van der Waals surface area contributed by atoms with Crippen LogP contribution in [0.5, 0.6) is 11.5 Å². The second kappa shape index (κ2) is 27.8. The molecule has 0 saturated heterocycles. The van der Waals surface area contributed by atoms with Crippen molar-refractivity contribution in [2.75, 3.05) is 14.7 Å². The van der Waals surface area contributed by atoms with Crippen LogP contribution in [-0.4, -0.2) is 47.5 Å². The van der Waals surface area contributed by atoms with Gasteiger partial charge in [0.1, 0.15) is 0 Å². The number of aromatic nitrogens is 6. The second-order valence-electron chi connectivity index (χ2n) is 40.3. The highest BCUT2D eigenvalue weighted by Crippen LogP contribution is 2.58. The summed E-state index contributed by atoms with van der Waals surface area (Å²) in [4.78, 5) is 9.93. The molecule has 14 heteroatoms.